The number of nitrogens with zero attached hydrogens (tertiary/aromatic N) is 3. The first kappa shape index (κ1) is 18.8. The molecule has 0 radical (unpaired) electrons. The van der Waals surface area contributed by atoms with Crippen molar-refractivity contribution < 1.29 is 9.53 Å². The number of thiazole rings is 1. The molecule has 1 amide bonds. The van der Waals surface area contributed by atoms with Gasteiger partial charge in [-0.3, -0.25) is 9.69 Å². The number of likely N-dealkylation sites (tertiary alicyclic amines) is 1. The largest absolute Gasteiger partial charge is 0.473 e. The molecule has 3 aromatic rings. The Morgan fingerprint density at radius 3 is 3.04 bits per heavy atom. The number of carbonyl (C=O) groups excluding carboxylic acids is 1. The van der Waals surface area contributed by atoms with E-state index in [1.54, 1.807) is 0 Å². The minimum absolute atomic E-state index is 0.0952. The van der Waals surface area contributed by atoms with E-state index in [0.29, 0.717) is 11.2 Å². The van der Waals surface area contributed by atoms with Gasteiger partial charge in [-0.05, 0) is 26.0 Å². The number of hydrogen-bond acceptors (Lipinski definition) is 6. The molecule has 28 heavy (non-hydrogen) atoms. The molecule has 1 aliphatic heterocycles. The Morgan fingerprint density at radius 2 is 2.21 bits per heavy atom. The number of carbonyl (C=O) groups is 1. The number of fused-ring (bicyclic) bond motifs is 1. The van der Waals surface area contributed by atoms with Crippen LogP contribution in [0.1, 0.15) is 30.7 Å². The SMILES string of the molecule is CC(=O)Nc1ncc(CN2C[C@H](Oc3nc4ccccc4cc3C)C[C@@H]2C)s1. The predicted octanol–water partition coefficient (Wildman–Crippen LogP) is 4.00. The van der Waals surface area contributed by atoms with Crippen LogP contribution in [0.3, 0.4) is 0 Å². The Bertz CT molecular complexity index is 1000. The average Bonchev–Trinajstić information content (AvgIpc) is 3.22. The first-order valence-corrected chi connectivity index (χ1v) is 10.3. The molecule has 0 saturated carbocycles. The summed E-state index contributed by atoms with van der Waals surface area (Å²) >= 11 is 1.52. The zero-order chi connectivity index (χ0) is 19.7. The van der Waals surface area contributed by atoms with Gasteiger partial charge < -0.3 is 10.1 Å². The van der Waals surface area contributed by atoms with E-state index in [0.717, 1.165) is 46.7 Å². The van der Waals surface area contributed by atoms with Crippen molar-refractivity contribution in [1.82, 2.24) is 14.9 Å². The Labute approximate surface area is 168 Å². The Kier molecular flexibility index (Phi) is 5.28. The molecule has 6 nitrogen and oxygen atoms in total. The molecule has 0 unspecified atom stereocenters. The highest BCUT2D eigenvalue weighted by Crippen LogP contribution is 2.28. The highest BCUT2D eigenvalue weighted by atomic mass is 32.1. The van der Waals surface area contributed by atoms with E-state index < -0.39 is 0 Å². The van der Waals surface area contributed by atoms with Crippen molar-refractivity contribution in [3.8, 4) is 5.88 Å². The maximum Gasteiger partial charge on any atom is 0.223 e. The number of rotatable bonds is 5. The van der Waals surface area contributed by atoms with Crippen LogP contribution in [0.25, 0.3) is 10.9 Å². The normalized spacial score (nSPS) is 19.8. The van der Waals surface area contributed by atoms with Crippen molar-refractivity contribution in [3.05, 3.63) is 47.0 Å². The fourth-order valence-corrected chi connectivity index (χ4v) is 4.51. The Morgan fingerprint density at radius 1 is 1.39 bits per heavy atom. The van der Waals surface area contributed by atoms with Gasteiger partial charge in [0, 0.05) is 54.5 Å². The number of pyridine rings is 1. The third kappa shape index (κ3) is 4.15. The monoisotopic (exact) mass is 396 g/mol. The standard InChI is InChI=1S/C21H24N4O2S/c1-13-8-16-6-4-5-7-19(16)24-20(13)27-17-9-14(2)25(11-17)12-18-10-22-21(28-18)23-15(3)26/h4-8,10,14,17H,9,11-12H2,1-3H3,(H,22,23,26)/t14-,17+/m0/s1. The third-order valence-corrected chi connectivity index (χ3v) is 5.90. The van der Waals surface area contributed by atoms with E-state index in [4.69, 9.17) is 9.72 Å². The summed E-state index contributed by atoms with van der Waals surface area (Å²) in [6.45, 7) is 7.42. The van der Waals surface area contributed by atoms with Crippen molar-refractivity contribution in [3.63, 3.8) is 0 Å². The molecule has 1 N–H and O–H groups in total. The van der Waals surface area contributed by atoms with E-state index in [1.165, 1.54) is 18.3 Å². The second kappa shape index (κ2) is 7.85. The van der Waals surface area contributed by atoms with Crippen LogP contribution < -0.4 is 10.1 Å². The van der Waals surface area contributed by atoms with Gasteiger partial charge in [0.05, 0.1) is 5.52 Å². The van der Waals surface area contributed by atoms with Crippen LogP contribution in [0.4, 0.5) is 5.13 Å². The number of nitrogens with one attached hydrogen (secondary N) is 1. The van der Waals surface area contributed by atoms with Gasteiger partial charge in [-0.1, -0.05) is 18.2 Å². The number of aromatic nitrogens is 2. The number of benzene rings is 1. The summed E-state index contributed by atoms with van der Waals surface area (Å²) in [7, 11) is 0. The Balaban J connectivity index is 1.42. The number of aryl methyl sites for hydroxylation is 1. The van der Waals surface area contributed by atoms with Crippen molar-refractivity contribution in [2.75, 3.05) is 11.9 Å². The predicted molar refractivity (Wildman–Crippen MR) is 112 cm³/mol. The van der Waals surface area contributed by atoms with Crippen LogP contribution >= 0.6 is 11.3 Å². The molecule has 0 aliphatic carbocycles. The van der Waals surface area contributed by atoms with E-state index in [2.05, 4.69) is 34.3 Å². The summed E-state index contributed by atoms with van der Waals surface area (Å²) in [6.07, 6.45) is 2.92. The number of ether oxygens (including phenoxy) is 1. The maximum absolute atomic E-state index is 11.2. The van der Waals surface area contributed by atoms with E-state index in [1.807, 2.05) is 31.3 Å². The van der Waals surface area contributed by atoms with Gasteiger partial charge in [0.15, 0.2) is 5.13 Å². The molecule has 0 spiro atoms. The summed E-state index contributed by atoms with van der Waals surface area (Å²) in [6, 6.07) is 10.7. The molecule has 146 valence electrons. The molecular weight excluding hydrogens is 372 g/mol. The third-order valence-electron chi connectivity index (χ3n) is 5.01. The van der Waals surface area contributed by atoms with Crippen LogP contribution in [-0.4, -0.2) is 39.5 Å². The van der Waals surface area contributed by atoms with Crippen LogP contribution in [0.5, 0.6) is 5.88 Å². The van der Waals surface area contributed by atoms with Gasteiger partial charge in [0.1, 0.15) is 6.10 Å². The zero-order valence-corrected chi connectivity index (χ0v) is 17.1. The molecule has 3 heterocycles. The van der Waals surface area contributed by atoms with Crippen molar-refractivity contribution >= 4 is 33.3 Å². The minimum Gasteiger partial charge on any atom is -0.473 e. The van der Waals surface area contributed by atoms with Crippen LogP contribution in [0.15, 0.2) is 36.5 Å². The minimum atomic E-state index is -0.0952. The number of anilines is 1. The van der Waals surface area contributed by atoms with Gasteiger partial charge in [-0.15, -0.1) is 11.3 Å². The fourth-order valence-electron chi connectivity index (χ4n) is 3.62. The van der Waals surface area contributed by atoms with E-state index >= 15 is 0 Å². The second-order valence-corrected chi connectivity index (χ2v) is 8.49. The molecule has 2 atom stereocenters. The first-order valence-electron chi connectivity index (χ1n) is 9.47. The molecule has 1 aromatic carbocycles. The molecule has 7 heteroatoms. The molecule has 1 fully saturated rings. The second-order valence-electron chi connectivity index (χ2n) is 7.37. The number of para-hydroxylation sites is 1. The number of amides is 1. The quantitative estimate of drug-likeness (QED) is 0.706. The van der Waals surface area contributed by atoms with Crippen molar-refractivity contribution in [2.45, 2.75) is 45.9 Å². The highest BCUT2D eigenvalue weighted by molar-refractivity contribution is 7.15. The molecule has 1 aliphatic rings. The van der Waals surface area contributed by atoms with Crippen LogP contribution in [-0.2, 0) is 11.3 Å². The first-order chi connectivity index (χ1) is 13.5. The lowest BCUT2D eigenvalue weighted by Crippen LogP contribution is -2.27. The van der Waals surface area contributed by atoms with Gasteiger partial charge in [0.2, 0.25) is 11.8 Å². The molecule has 2 aromatic heterocycles. The van der Waals surface area contributed by atoms with Gasteiger partial charge in [-0.25, -0.2) is 9.97 Å². The summed E-state index contributed by atoms with van der Waals surface area (Å²) in [5.74, 6) is 0.630. The fraction of sp³-hybridized carbons (Fsp3) is 0.381. The molecular formula is C21H24N4O2S. The van der Waals surface area contributed by atoms with Crippen LogP contribution in [0, 0.1) is 6.92 Å². The van der Waals surface area contributed by atoms with Gasteiger partial charge in [-0.2, -0.15) is 0 Å². The maximum atomic E-state index is 11.2. The lowest BCUT2D eigenvalue weighted by molar-refractivity contribution is -0.114. The molecule has 4 rings (SSSR count). The zero-order valence-electron chi connectivity index (χ0n) is 16.3. The lowest BCUT2D eigenvalue weighted by atomic mass is 10.1. The van der Waals surface area contributed by atoms with Crippen molar-refractivity contribution in [2.24, 2.45) is 0 Å². The van der Waals surface area contributed by atoms with E-state index in [9.17, 15) is 4.79 Å². The highest BCUT2D eigenvalue weighted by Gasteiger charge is 2.31. The summed E-state index contributed by atoms with van der Waals surface area (Å²) in [5, 5.41) is 4.52. The summed E-state index contributed by atoms with van der Waals surface area (Å²) < 4.78 is 6.29. The average molecular weight is 397 g/mol. The molecule has 0 bridgehead atoms. The van der Waals surface area contributed by atoms with Crippen molar-refractivity contribution in [1.29, 1.82) is 0 Å². The summed E-state index contributed by atoms with van der Waals surface area (Å²) in [4.78, 5) is 23.7. The van der Waals surface area contributed by atoms with E-state index in [-0.39, 0.29) is 12.0 Å². The topological polar surface area (TPSA) is 67.4 Å². The molecule has 1 saturated heterocycles. The number of hydrogen-bond donors (Lipinski definition) is 1. The van der Waals surface area contributed by atoms with Crippen LogP contribution in [0.2, 0.25) is 0 Å². The van der Waals surface area contributed by atoms with Gasteiger partial charge in [0.25, 0.3) is 0 Å². The smallest absolute Gasteiger partial charge is 0.223 e. The Hall–Kier alpha value is -2.51. The lowest BCUT2D eigenvalue weighted by Gasteiger charge is -2.19. The van der Waals surface area contributed by atoms with Gasteiger partial charge >= 0.3 is 0 Å². The summed E-state index contributed by atoms with van der Waals surface area (Å²) in [5.41, 5.74) is 2.02.